The van der Waals surface area contributed by atoms with Crippen molar-refractivity contribution in [1.82, 2.24) is 19.6 Å². The molecule has 0 N–H and O–H groups in total. The molecule has 2 heterocycles. The van der Waals surface area contributed by atoms with Gasteiger partial charge in [0.05, 0.1) is 5.56 Å². The molecule has 5 nitrogen and oxygen atoms in total. The van der Waals surface area contributed by atoms with Crippen LogP contribution in [0.1, 0.15) is 5.56 Å². The van der Waals surface area contributed by atoms with Gasteiger partial charge < -0.3 is 4.90 Å². The summed E-state index contributed by atoms with van der Waals surface area (Å²) in [5.41, 5.74) is 1.94. The first-order chi connectivity index (χ1) is 11.3. The van der Waals surface area contributed by atoms with Crippen LogP contribution in [0.2, 0.25) is 5.15 Å². The average molecular weight is 356 g/mol. The smallest absolute Gasteiger partial charge is 0.350 e. The SMILES string of the molecule is Cc1ccccc1-c1c(Cl)nc2ncnn2c1N(C)CC(F)(F)F. The van der Waals surface area contributed by atoms with Crippen LogP contribution in [0.3, 0.4) is 0 Å². The van der Waals surface area contributed by atoms with Crippen LogP contribution >= 0.6 is 11.6 Å². The van der Waals surface area contributed by atoms with Crippen molar-refractivity contribution in [1.29, 1.82) is 0 Å². The Morgan fingerprint density at radius 3 is 2.62 bits per heavy atom. The van der Waals surface area contributed by atoms with Gasteiger partial charge in [-0.1, -0.05) is 35.9 Å². The summed E-state index contributed by atoms with van der Waals surface area (Å²) in [5.74, 6) is 0.329. The molecule has 126 valence electrons. The summed E-state index contributed by atoms with van der Waals surface area (Å²) in [7, 11) is 1.34. The predicted molar refractivity (Wildman–Crippen MR) is 85.3 cm³/mol. The highest BCUT2D eigenvalue weighted by atomic mass is 35.5. The summed E-state index contributed by atoms with van der Waals surface area (Å²) in [6.07, 6.45) is -3.15. The molecule has 3 rings (SSSR count). The maximum atomic E-state index is 12.9. The van der Waals surface area contributed by atoms with E-state index in [-0.39, 0.29) is 16.7 Å². The third-order valence-electron chi connectivity index (χ3n) is 3.55. The molecule has 0 saturated carbocycles. The van der Waals surface area contributed by atoms with Gasteiger partial charge in [0.2, 0.25) is 0 Å². The average Bonchev–Trinajstić information content (AvgIpc) is 2.92. The van der Waals surface area contributed by atoms with Crippen LogP contribution in [-0.2, 0) is 0 Å². The first-order valence-corrected chi connectivity index (χ1v) is 7.39. The van der Waals surface area contributed by atoms with Crippen LogP contribution in [0, 0.1) is 6.92 Å². The quantitative estimate of drug-likeness (QED) is 0.671. The zero-order valence-electron chi connectivity index (χ0n) is 12.8. The van der Waals surface area contributed by atoms with Gasteiger partial charge in [-0.15, -0.1) is 0 Å². The second-order valence-electron chi connectivity index (χ2n) is 5.36. The minimum Gasteiger partial charge on any atom is -0.350 e. The van der Waals surface area contributed by atoms with E-state index in [1.165, 1.54) is 17.9 Å². The van der Waals surface area contributed by atoms with Crippen LogP contribution in [0.5, 0.6) is 0 Å². The van der Waals surface area contributed by atoms with E-state index in [2.05, 4.69) is 15.1 Å². The Morgan fingerprint density at radius 2 is 1.96 bits per heavy atom. The lowest BCUT2D eigenvalue weighted by Gasteiger charge is -2.24. The van der Waals surface area contributed by atoms with Crippen LogP contribution in [0.4, 0.5) is 19.0 Å². The fourth-order valence-corrected chi connectivity index (χ4v) is 2.85. The van der Waals surface area contributed by atoms with Gasteiger partial charge in [-0.05, 0) is 18.1 Å². The molecule has 9 heteroatoms. The van der Waals surface area contributed by atoms with E-state index < -0.39 is 12.7 Å². The molecule has 2 aromatic heterocycles. The monoisotopic (exact) mass is 355 g/mol. The van der Waals surface area contributed by atoms with Crippen molar-refractivity contribution in [3.8, 4) is 11.1 Å². The van der Waals surface area contributed by atoms with Gasteiger partial charge in [0, 0.05) is 7.05 Å². The van der Waals surface area contributed by atoms with E-state index in [9.17, 15) is 13.2 Å². The van der Waals surface area contributed by atoms with Crippen molar-refractivity contribution in [2.75, 3.05) is 18.5 Å². The van der Waals surface area contributed by atoms with E-state index in [4.69, 9.17) is 11.6 Å². The van der Waals surface area contributed by atoms with Gasteiger partial charge in [0.25, 0.3) is 5.78 Å². The van der Waals surface area contributed by atoms with Crippen LogP contribution in [-0.4, -0.2) is 39.4 Å². The molecule has 0 saturated heterocycles. The van der Waals surface area contributed by atoms with Crippen molar-refractivity contribution in [2.45, 2.75) is 13.1 Å². The Labute approximate surface area is 140 Å². The number of alkyl halides is 3. The first kappa shape index (κ1) is 16.5. The number of hydrogen-bond acceptors (Lipinski definition) is 4. The Hall–Kier alpha value is -2.35. The number of nitrogens with zero attached hydrogens (tertiary/aromatic N) is 5. The molecule has 0 aliphatic carbocycles. The normalized spacial score (nSPS) is 11.9. The molecule has 0 bridgehead atoms. The standard InChI is InChI=1S/C15H13ClF3N5/c1-9-5-3-4-6-10(9)11-12(16)22-14-20-8-21-24(14)13(11)23(2)7-15(17,18)19/h3-6,8H,7H2,1-2H3. The van der Waals surface area contributed by atoms with Gasteiger partial charge in [0.15, 0.2) is 0 Å². The number of rotatable bonds is 3. The summed E-state index contributed by atoms with van der Waals surface area (Å²) in [6, 6.07) is 7.27. The van der Waals surface area contributed by atoms with Crippen molar-refractivity contribution in [3.63, 3.8) is 0 Å². The molecule has 0 amide bonds. The lowest BCUT2D eigenvalue weighted by Crippen LogP contribution is -2.33. The molecule has 0 spiro atoms. The largest absolute Gasteiger partial charge is 0.405 e. The summed E-state index contributed by atoms with van der Waals surface area (Å²) in [4.78, 5) is 9.12. The van der Waals surface area contributed by atoms with Crippen LogP contribution in [0.25, 0.3) is 16.9 Å². The Bertz CT molecular complexity index is 890. The van der Waals surface area contributed by atoms with Gasteiger partial charge >= 0.3 is 6.18 Å². The molecular weight excluding hydrogens is 343 g/mol. The summed E-state index contributed by atoms with van der Waals surface area (Å²) in [6.45, 7) is 0.700. The third-order valence-corrected chi connectivity index (χ3v) is 3.82. The van der Waals surface area contributed by atoms with Gasteiger partial charge in [0.1, 0.15) is 23.8 Å². The van der Waals surface area contributed by atoms with Gasteiger partial charge in [-0.3, -0.25) is 0 Å². The van der Waals surface area contributed by atoms with E-state index >= 15 is 0 Å². The predicted octanol–water partition coefficient (Wildman–Crippen LogP) is 3.75. The summed E-state index contributed by atoms with van der Waals surface area (Å²) in [5, 5.41) is 4.08. The molecule has 0 aliphatic heterocycles. The summed E-state index contributed by atoms with van der Waals surface area (Å²) >= 11 is 6.29. The number of aromatic nitrogens is 4. The lowest BCUT2D eigenvalue weighted by molar-refractivity contribution is -0.119. The Balaban J connectivity index is 2.30. The second-order valence-corrected chi connectivity index (χ2v) is 5.72. The third kappa shape index (κ3) is 3.01. The molecule has 3 aromatic rings. The zero-order chi connectivity index (χ0) is 17.5. The number of anilines is 1. The summed E-state index contributed by atoms with van der Waals surface area (Å²) < 4.78 is 40.0. The topological polar surface area (TPSA) is 46.3 Å². The fourth-order valence-electron chi connectivity index (χ4n) is 2.58. The fraction of sp³-hybridized carbons (Fsp3) is 0.267. The highest BCUT2D eigenvalue weighted by Gasteiger charge is 2.32. The van der Waals surface area contributed by atoms with Crippen LogP contribution < -0.4 is 4.90 Å². The first-order valence-electron chi connectivity index (χ1n) is 7.01. The maximum absolute atomic E-state index is 12.9. The second kappa shape index (κ2) is 5.94. The van der Waals surface area contributed by atoms with E-state index in [0.29, 0.717) is 11.1 Å². The number of benzene rings is 1. The minimum absolute atomic E-state index is 0.0776. The highest BCUT2D eigenvalue weighted by molar-refractivity contribution is 6.33. The van der Waals surface area contributed by atoms with Crippen molar-refractivity contribution < 1.29 is 13.2 Å². The van der Waals surface area contributed by atoms with Crippen molar-refractivity contribution in [2.24, 2.45) is 0 Å². The maximum Gasteiger partial charge on any atom is 0.405 e. The molecule has 24 heavy (non-hydrogen) atoms. The minimum atomic E-state index is -4.37. The van der Waals surface area contributed by atoms with E-state index in [1.807, 2.05) is 19.1 Å². The molecule has 0 unspecified atom stereocenters. The Kier molecular flexibility index (Phi) is 4.08. The molecule has 0 atom stereocenters. The van der Waals surface area contributed by atoms with Crippen molar-refractivity contribution >= 4 is 23.2 Å². The number of halogens is 4. The van der Waals surface area contributed by atoms with Gasteiger partial charge in [-0.2, -0.15) is 32.8 Å². The molecule has 1 aromatic carbocycles. The zero-order valence-corrected chi connectivity index (χ0v) is 13.6. The molecule has 0 aliphatic rings. The van der Waals surface area contributed by atoms with Crippen molar-refractivity contribution in [3.05, 3.63) is 41.3 Å². The number of fused-ring (bicyclic) bond motifs is 1. The molecular formula is C15H13ClF3N5. The van der Waals surface area contributed by atoms with Gasteiger partial charge in [-0.25, -0.2) is 0 Å². The van der Waals surface area contributed by atoms with E-state index in [1.54, 1.807) is 12.1 Å². The highest BCUT2D eigenvalue weighted by Crippen LogP contribution is 2.38. The number of aryl methyl sites for hydroxylation is 1. The molecule has 0 fully saturated rings. The van der Waals surface area contributed by atoms with E-state index in [0.717, 1.165) is 10.5 Å². The van der Waals surface area contributed by atoms with Crippen LogP contribution in [0.15, 0.2) is 30.6 Å². The lowest BCUT2D eigenvalue weighted by atomic mass is 10.0. The Morgan fingerprint density at radius 1 is 1.25 bits per heavy atom. The molecule has 0 radical (unpaired) electrons. The number of hydrogen-bond donors (Lipinski definition) is 0.